The average Bonchev–Trinajstić information content (AvgIpc) is 3.80. The second kappa shape index (κ2) is 11.4. The molecule has 0 unspecified atom stereocenters. The lowest BCUT2D eigenvalue weighted by Gasteiger charge is -2.30. The molecule has 1 fully saturated rings. The number of rotatable bonds is 10. The first-order chi connectivity index (χ1) is 20.8. The molecule has 1 aliphatic carbocycles. The Balaban J connectivity index is 1.54. The van der Waals surface area contributed by atoms with Crippen LogP contribution in [0.3, 0.4) is 0 Å². The van der Waals surface area contributed by atoms with E-state index in [1.54, 1.807) is 13.0 Å². The number of carbonyl (C=O) groups is 2. The average molecular weight is 612 g/mol. The highest BCUT2D eigenvalue weighted by Gasteiger charge is 2.50. The van der Waals surface area contributed by atoms with Crippen LogP contribution in [0.25, 0.3) is 17.3 Å². The van der Waals surface area contributed by atoms with Crippen molar-refractivity contribution in [3.8, 4) is 22.8 Å². The molecule has 8 N–H and O–H groups in total. The van der Waals surface area contributed by atoms with Crippen molar-refractivity contribution in [2.45, 2.75) is 37.2 Å². The zero-order valence-corrected chi connectivity index (χ0v) is 24.0. The van der Waals surface area contributed by atoms with Gasteiger partial charge in [0.2, 0.25) is 5.91 Å². The molecule has 10 nitrogen and oxygen atoms in total. The van der Waals surface area contributed by atoms with Gasteiger partial charge in [-0.05, 0) is 74.2 Å². The van der Waals surface area contributed by atoms with Crippen LogP contribution >= 0.6 is 0 Å². The Labute approximate surface area is 251 Å². The van der Waals surface area contributed by atoms with Crippen molar-refractivity contribution in [2.75, 3.05) is 26.0 Å². The van der Waals surface area contributed by atoms with Crippen LogP contribution in [0.5, 0.6) is 11.5 Å². The van der Waals surface area contributed by atoms with Gasteiger partial charge in [-0.25, -0.2) is 18.2 Å². The van der Waals surface area contributed by atoms with Crippen molar-refractivity contribution >= 4 is 23.6 Å². The third-order valence-corrected chi connectivity index (χ3v) is 8.18. The van der Waals surface area contributed by atoms with E-state index in [2.05, 4.69) is 5.32 Å². The van der Waals surface area contributed by atoms with Crippen molar-refractivity contribution in [3.05, 3.63) is 76.4 Å². The van der Waals surface area contributed by atoms with Crippen LogP contribution in [0.1, 0.15) is 46.9 Å². The zero-order chi connectivity index (χ0) is 32.0. The molecule has 5 rings (SSSR count). The molecule has 2 atom stereocenters. The number of nitrogen functional groups attached to an aromatic ring is 1. The molecule has 0 radical (unpaired) electrons. The lowest BCUT2D eigenvalue weighted by atomic mass is 9.81. The summed E-state index contributed by atoms with van der Waals surface area (Å²) >= 11 is 0. The maximum Gasteiger partial charge on any atom is 0.277 e. The van der Waals surface area contributed by atoms with E-state index >= 15 is 0 Å². The maximum atomic E-state index is 13.7. The van der Waals surface area contributed by atoms with Gasteiger partial charge in [-0.3, -0.25) is 9.59 Å². The Morgan fingerprint density at radius 1 is 1.23 bits per heavy atom. The number of benzene rings is 2. The summed E-state index contributed by atoms with van der Waals surface area (Å²) in [6.07, 6.45) is -0.702. The number of fused-ring (bicyclic) bond motifs is 1. The van der Waals surface area contributed by atoms with Gasteiger partial charge in [0.05, 0.1) is 30.7 Å². The summed E-state index contributed by atoms with van der Waals surface area (Å²) < 4.78 is 51.0. The predicted octanol–water partition coefficient (Wildman–Crippen LogP) is 3.21. The van der Waals surface area contributed by atoms with Gasteiger partial charge in [-0.15, -0.1) is 0 Å². The van der Waals surface area contributed by atoms with Gasteiger partial charge in [0.25, 0.3) is 12.3 Å². The van der Waals surface area contributed by atoms with Crippen molar-refractivity contribution in [2.24, 2.45) is 17.4 Å². The van der Waals surface area contributed by atoms with Crippen LogP contribution in [0, 0.1) is 11.7 Å². The number of nitrogens with two attached hydrogens (primary N) is 3. The number of hydrogen-bond donors (Lipinski definition) is 5. The number of methoxy groups -OCH3 is 1. The van der Waals surface area contributed by atoms with Crippen LogP contribution in [0.15, 0.2) is 48.2 Å². The van der Waals surface area contributed by atoms with Crippen molar-refractivity contribution < 1.29 is 37.3 Å². The minimum atomic E-state index is -2.94. The molecule has 2 amide bonds. The first kappa shape index (κ1) is 30.7. The highest BCUT2D eigenvalue weighted by molar-refractivity contribution is 5.97. The molecule has 1 aromatic heterocycles. The van der Waals surface area contributed by atoms with Crippen molar-refractivity contribution in [1.29, 1.82) is 0 Å². The van der Waals surface area contributed by atoms with Crippen LogP contribution in [-0.4, -0.2) is 48.6 Å². The van der Waals surface area contributed by atoms with E-state index in [1.165, 1.54) is 43.5 Å². The number of ether oxygens (including phenoxy) is 2. The molecule has 2 aromatic carbocycles. The van der Waals surface area contributed by atoms with Crippen LogP contribution in [0.2, 0.25) is 0 Å². The minimum Gasteiger partial charge on any atom is -0.495 e. The largest absolute Gasteiger partial charge is 0.495 e. The molecule has 2 heterocycles. The number of halogens is 3. The minimum absolute atomic E-state index is 0.0116. The van der Waals surface area contributed by atoms with Crippen molar-refractivity contribution in [3.63, 3.8) is 0 Å². The van der Waals surface area contributed by atoms with E-state index in [0.717, 1.165) is 6.08 Å². The second-order valence-corrected chi connectivity index (χ2v) is 11.2. The third kappa shape index (κ3) is 5.50. The Hall–Kier alpha value is -4.78. The van der Waals surface area contributed by atoms with E-state index < -0.39 is 40.8 Å². The van der Waals surface area contributed by atoms with Gasteiger partial charge in [0.1, 0.15) is 40.6 Å². The van der Waals surface area contributed by atoms with Crippen molar-refractivity contribution in [1.82, 2.24) is 10.3 Å². The van der Waals surface area contributed by atoms with Gasteiger partial charge in [0, 0.05) is 22.3 Å². The SMILES string of the molecule is COc1cc(C(=O)NC[C@](O)(c2cc3c(c(-c4ccc(F)cc4)n2)OC[C@]3(C)C(N)=O)C2CC2)cc(/C=C(\N)C(F)F)c1N. The van der Waals surface area contributed by atoms with Crippen LogP contribution in [0.4, 0.5) is 18.9 Å². The highest BCUT2D eigenvalue weighted by atomic mass is 19.3. The number of alkyl halides is 2. The number of primary amides is 1. The number of aliphatic hydroxyl groups is 1. The molecular formula is C31H32F3N5O5. The molecule has 0 spiro atoms. The fraction of sp³-hybridized carbons (Fsp3) is 0.323. The Bertz CT molecular complexity index is 1660. The van der Waals surface area contributed by atoms with Gasteiger partial charge in [-0.2, -0.15) is 0 Å². The molecule has 2 aliphatic rings. The number of hydrogen-bond acceptors (Lipinski definition) is 8. The summed E-state index contributed by atoms with van der Waals surface area (Å²) in [5.41, 5.74) is 15.0. The van der Waals surface area contributed by atoms with E-state index in [-0.39, 0.29) is 53.0 Å². The number of carbonyl (C=O) groups excluding carboxylic acids is 2. The molecule has 3 aromatic rings. The Morgan fingerprint density at radius 3 is 2.50 bits per heavy atom. The lowest BCUT2D eigenvalue weighted by Crippen LogP contribution is -2.44. The number of aromatic nitrogens is 1. The van der Waals surface area contributed by atoms with E-state index in [0.29, 0.717) is 29.7 Å². The molecule has 0 saturated heterocycles. The Kier molecular flexibility index (Phi) is 7.93. The number of allylic oxidation sites excluding steroid dienone is 1. The second-order valence-electron chi connectivity index (χ2n) is 11.2. The van der Waals surface area contributed by atoms with Crippen LogP contribution in [-0.2, 0) is 15.8 Å². The van der Waals surface area contributed by atoms with E-state index in [4.69, 9.17) is 31.7 Å². The number of nitrogens with zero attached hydrogens (tertiary/aromatic N) is 1. The van der Waals surface area contributed by atoms with Gasteiger partial charge < -0.3 is 37.1 Å². The standard InChI is InChI=1S/C31H32F3N5O5/c1-30(29(37)41)14-44-26-20(30)12-23(39-25(26)15-3-7-19(32)8-4-15)31(42,18-5-6-18)13-38-28(40)17-9-16(10-21(35)27(33)34)24(36)22(11-17)43-2/h3-4,7-12,18,27,42H,5-6,13-14,35-36H2,1-2H3,(H2,37,41)(H,38,40)/b21-10-/t30-,31+/m0/s1. The fourth-order valence-corrected chi connectivity index (χ4v) is 5.24. The molecule has 0 bridgehead atoms. The smallest absolute Gasteiger partial charge is 0.277 e. The van der Waals surface area contributed by atoms with Gasteiger partial charge >= 0.3 is 0 Å². The first-order valence-electron chi connectivity index (χ1n) is 13.8. The predicted molar refractivity (Wildman–Crippen MR) is 156 cm³/mol. The summed E-state index contributed by atoms with van der Waals surface area (Å²) in [5.74, 6) is -1.69. The molecule has 44 heavy (non-hydrogen) atoms. The molecular weight excluding hydrogens is 579 g/mol. The summed E-state index contributed by atoms with van der Waals surface area (Å²) in [7, 11) is 1.31. The number of pyridine rings is 1. The molecule has 13 heteroatoms. The fourth-order valence-electron chi connectivity index (χ4n) is 5.24. The third-order valence-electron chi connectivity index (χ3n) is 8.18. The van der Waals surface area contributed by atoms with Crippen LogP contribution < -0.4 is 32.0 Å². The number of nitrogens with one attached hydrogen (secondary N) is 1. The molecule has 1 aliphatic heterocycles. The highest BCUT2D eigenvalue weighted by Crippen LogP contribution is 2.50. The summed E-state index contributed by atoms with van der Waals surface area (Å²) in [5, 5.41) is 14.8. The summed E-state index contributed by atoms with van der Waals surface area (Å²) in [6, 6.07) is 9.71. The summed E-state index contributed by atoms with van der Waals surface area (Å²) in [6.45, 7) is 1.27. The first-order valence-corrected chi connectivity index (χ1v) is 13.8. The van der Waals surface area contributed by atoms with Gasteiger partial charge in [0.15, 0.2) is 0 Å². The number of amides is 2. The van der Waals surface area contributed by atoms with E-state index in [9.17, 15) is 27.9 Å². The normalized spacial score (nSPS) is 19.2. The van der Waals surface area contributed by atoms with Gasteiger partial charge in [-0.1, -0.05) is 0 Å². The Morgan fingerprint density at radius 2 is 1.91 bits per heavy atom. The maximum absolute atomic E-state index is 13.7. The molecule has 1 saturated carbocycles. The number of anilines is 1. The molecule has 232 valence electrons. The topological polar surface area (TPSA) is 176 Å². The summed E-state index contributed by atoms with van der Waals surface area (Å²) in [4.78, 5) is 30.6. The lowest BCUT2D eigenvalue weighted by molar-refractivity contribution is -0.123. The zero-order valence-electron chi connectivity index (χ0n) is 24.0. The van der Waals surface area contributed by atoms with E-state index in [1.807, 2.05) is 0 Å². The monoisotopic (exact) mass is 611 g/mol. The quantitative estimate of drug-likeness (QED) is 0.217.